The highest BCUT2D eigenvalue weighted by Crippen LogP contribution is 2.42. The van der Waals surface area contributed by atoms with Crippen molar-refractivity contribution in [1.29, 1.82) is 0 Å². The molecule has 0 saturated carbocycles. The van der Waals surface area contributed by atoms with Crippen LogP contribution in [-0.4, -0.2) is 6.61 Å². The van der Waals surface area contributed by atoms with Gasteiger partial charge in [-0.1, -0.05) is 180 Å². The maximum absolute atomic E-state index is 6.32. The van der Waals surface area contributed by atoms with E-state index in [1.54, 1.807) is 0 Å². The van der Waals surface area contributed by atoms with Crippen LogP contribution in [0.3, 0.4) is 0 Å². The number of rotatable bonds is 32. The fourth-order valence-corrected chi connectivity index (χ4v) is 6.99. The first-order chi connectivity index (χ1) is 22.7. The van der Waals surface area contributed by atoms with E-state index in [-0.39, 0.29) is 0 Å². The summed E-state index contributed by atoms with van der Waals surface area (Å²) >= 11 is 0. The van der Waals surface area contributed by atoms with Gasteiger partial charge in [0.05, 0.1) is 6.61 Å². The molecule has 0 bridgehead atoms. The van der Waals surface area contributed by atoms with E-state index in [9.17, 15) is 0 Å². The molecule has 0 saturated heterocycles. The van der Waals surface area contributed by atoms with E-state index in [1.807, 2.05) is 0 Å². The second-order valence-corrected chi connectivity index (χ2v) is 14.5. The van der Waals surface area contributed by atoms with Gasteiger partial charge in [-0.3, -0.25) is 4.52 Å². The summed E-state index contributed by atoms with van der Waals surface area (Å²) in [7, 11) is -1.51. The Bertz CT molecular complexity index is 850. The van der Waals surface area contributed by atoms with Crippen molar-refractivity contribution in [3.63, 3.8) is 0 Å². The minimum absolute atomic E-state index is 0.675. The third kappa shape index (κ3) is 22.1. The molecule has 0 aliphatic carbocycles. The van der Waals surface area contributed by atoms with Crippen LogP contribution >= 0.6 is 8.60 Å². The monoisotopic (exact) mass is 655 g/mol. The van der Waals surface area contributed by atoms with Crippen LogP contribution in [0.5, 0.6) is 11.5 Å². The first kappa shape index (κ1) is 40.6. The van der Waals surface area contributed by atoms with Crippen molar-refractivity contribution in [3.05, 3.63) is 59.7 Å². The molecule has 0 aliphatic rings. The fourth-order valence-electron chi connectivity index (χ4n) is 5.98. The van der Waals surface area contributed by atoms with Gasteiger partial charge >= 0.3 is 8.60 Å². The van der Waals surface area contributed by atoms with Gasteiger partial charge in [-0.2, -0.15) is 0 Å². The van der Waals surface area contributed by atoms with Gasteiger partial charge in [0.25, 0.3) is 0 Å². The summed E-state index contributed by atoms with van der Waals surface area (Å²) in [5, 5.41) is 0. The van der Waals surface area contributed by atoms with E-state index in [4.69, 9.17) is 13.6 Å². The van der Waals surface area contributed by atoms with Crippen LogP contribution in [0.4, 0.5) is 0 Å². The quantitative estimate of drug-likeness (QED) is 0.0580. The first-order valence-electron chi connectivity index (χ1n) is 19.7. The van der Waals surface area contributed by atoms with Crippen LogP contribution in [0.15, 0.2) is 48.5 Å². The van der Waals surface area contributed by atoms with Gasteiger partial charge in [0.1, 0.15) is 11.5 Å². The molecule has 0 radical (unpaired) electrons. The molecule has 0 heterocycles. The fraction of sp³-hybridized carbons (Fsp3) is 0.714. The lowest BCUT2D eigenvalue weighted by atomic mass is 10.0. The van der Waals surface area contributed by atoms with Crippen molar-refractivity contribution in [2.45, 2.75) is 188 Å². The van der Waals surface area contributed by atoms with Gasteiger partial charge in [-0.25, -0.2) is 0 Å². The largest absolute Gasteiger partial charge is 0.463 e. The predicted molar refractivity (Wildman–Crippen MR) is 202 cm³/mol. The number of unbranched alkanes of at least 4 members (excludes halogenated alkanes) is 21. The average Bonchev–Trinajstić information content (AvgIpc) is 3.07. The Hall–Kier alpha value is -1.57. The number of aryl methyl sites for hydroxylation is 2. The summed E-state index contributed by atoms with van der Waals surface area (Å²) in [5.74, 6) is 1.65. The van der Waals surface area contributed by atoms with Crippen LogP contribution in [-0.2, 0) is 17.4 Å². The summed E-state index contributed by atoms with van der Waals surface area (Å²) in [6, 6.07) is 17.2. The highest BCUT2D eigenvalue weighted by atomic mass is 31.2. The third-order valence-corrected chi connectivity index (χ3v) is 10.2. The summed E-state index contributed by atoms with van der Waals surface area (Å²) in [6.07, 6.45) is 34.2. The Balaban J connectivity index is 1.78. The number of hydrogen-bond acceptors (Lipinski definition) is 3. The van der Waals surface area contributed by atoms with Crippen molar-refractivity contribution >= 4 is 8.60 Å². The number of hydrogen-bond donors (Lipinski definition) is 0. The van der Waals surface area contributed by atoms with Crippen molar-refractivity contribution in [3.8, 4) is 11.5 Å². The van der Waals surface area contributed by atoms with Crippen LogP contribution in [0.1, 0.15) is 186 Å². The molecule has 0 aliphatic heterocycles. The summed E-state index contributed by atoms with van der Waals surface area (Å²) in [4.78, 5) is 0. The average molecular weight is 655 g/mol. The normalized spacial score (nSPS) is 11.4. The second-order valence-electron chi connectivity index (χ2n) is 13.5. The summed E-state index contributed by atoms with van der Waals surface area (Å²) < 4.78 is 18.9. The molecule has 2 rings (SSSR count). The van der Waals surface area contributed by atoms with Gasteiger partial charge in [-0.15, -0.1) is 0 Å². The topological polar surface area (TPSA) is 27.7 Å². The Kier molecular flexibility index (Phi) is 26.1. The number of benzene rings is 2. The van der Waals surface area contributed by atoms with E-state index < -0.39 is 8.60 Å². The van der Waals surface area contributed by atoms with E-state index >= 15 is 0 Å². The summed E-state index contributed by atoms with van der Waals surface area (Å²) in [6.45, 7) is 7.52. The van der Waals surface area contributed by atoms with Crippen molar-refractivity contribution in [1.82, 2.24) is 0 Å². The Morgan fingerprint density at radius 3 is 1.02 bits per heavy atom. The molecule has 2 aromatic carbocycles. The zero-order chi connectivity index (χ0) is 32.8. The lowest BCUT2D eigenvalue weighted by Gasteiger charge is -2.18. The van der Waals surface area contributed by atoms with Crippen LogP contribution in [0.2, 0.25) is 0 Å². The molecule has 3 nitrogen and oxygen atoms in total. The predicted octanol–water partition coefficient (Wildman–Crippen LogP) is 14.9. The standard InChI is InChI=1S/C42H71O3P/c1-4-7-10-13-16-17-18-21-24-27-38-43-46(44-41-34-30-39(31-35-41)28-25-22-19-14-11-8-5-2)45-42-36-32-40(33-37-42)29-26-23-20-15-12-9-6-3/h30-37H,4-29,38H2,1-3H3. The molecule has 0 aromatic heterocycles. The van der Waals surface area contributed by atoms with Crippen molar-refractivity contribution in [2.75, 3.05) is 6.61 Å². The minimum atomic E-state index is -1.51. The van der Waals surface area contributed by atoms with Crippen LogP contribution in [0.25, 0.3) is 0 Å². The molecular formula is C42H71O3P. The van der Waals surface area contributed by atoms with Gasteiger partial charge in [0.2, 0.25) is 0 Å². The second kappa shape index (κ2) is 29.6. The lowest BCUT2D eigenvalue weighted by molar-refractivity contribution is 0.258. The Morgan fingerprint density at radius 2 is 0.674 bits per heavy atom. The highest BCUT2D eigenvalue weighted by molar-refractivity contribution is 7.42. The van der Waals surface area contributed by atoms with Crippen LogP contribution in [0, 0.1) is 0 Å². The minimum Gasteiger partial charge on any atom is -0.418 e. The van der Waals surface area contributed by atoms with E-state index in [0.29, 0.717) is 6.61 Å². The molecule has 0 N–H and O–H groups in total. The maximum Gasteiger partial charge on any atom is 0.463 e. The third-order valence-electron chi connectivity index (χ3n) is 9.04. The van der Waals surface area contributed by atoms with Crippen molar-refractivity contribution in [2.24, 2.45) is 0 Å². The zero-order valence-electron chi connectivity index (χ0n) is 30.4. The zero-order valence-corrected chi connectivity index (χ0v) is 31.3. The smallest absolute Gasteiger partial charge is 0.418 e. The van der Waals surface area contributed by atoms with E-state index in [0.717, 1.165) is 30.8 Å². The molecule has 0 fully saturated rings. The molecule has 0 atom stereocenters. The molecule has 0 unspecified atom stereocenters. The Labute approximate surface area is 287 Å². The van der Waals surface area contributed by atoms with E-state index in [1.165, 1.54) is 159 Å². The van der Waals surface area contributed by atoms with Crippen LogP contribution < -0.4 is 9.05 Å². The van der Waals surface area contributed by atoms with Crippen molar-refractivity contribution < 1.29 is 13.6 Å². The maximum atomic E-state index is 6.32. The Morgan fingerprint density at radius 1 is 0.370 bits per heavy atom. The van der Waals surface area contributed by atoms with E-state index in [2.05, 4.69) is 69.3 Å². The highest BCUT2D eigenvalue weighted by Gasteiger charge is 2.17. The molecule has 0 spiro atoms. The molecule has 2 aromatic rings. The molecule has 262 valence electrons. The lowest BCUT2D eigenvalue weighted by Crippen LogP contribution is -2.02. The molecule has 0 amide bonds. The molecule has 46 heavy (non-hydrogen) atoms. The van der Waals surface area contributed by atoms with Gasteiger partial charge in [-0.05, 0) is 67.5 Å². The van der Waals surface area contributed by atoms with Gasteiger partial charge in [0.15, 0.2) is 0 Å². The van der Waals surface area contributed by atoms with Gasteiger partial charge in [0, 0.05) is 0 Å². The first-order valence-corrected chi connectivity index (χ1v) is 20.8. The van der Waals surface area contributed by atoms with Gasteiger partial charge < -0.3 is 9.05 Å². The molecular weight excluding hydrogens is 583 g/mol. The SMILES string of the molecule is CCCCCCCCCCCCOP(Oc1ccc(CCCCCCCCC)cc1)Oc1ccc(CCCCCCCCC)cc1. The molecule has 4 heteroatoms. The summed E-state index contributed by atoms with van der Waals surface area (Å²) in [5.41, 5.74) is 2.77.